The minimum atomic E-state index is 0.0848. The minimum Gasteiger partial charge on any atom is -0.353 e. The van der Waals surface area contributed by atoms with Crippen molar-refractivity contribution in [1.82, 2.24) is 10.3 Å². The predicted octanol–water partition coefficient (Wildman–Crippen LogP) is 5.96. The second-order valence-electron chi connectivity index (χ2n) is 8.38. The summed E-state index contributed by atoms with van der Waals surface area (Å²) in [6.45, 7) is 6.88. The number of hydrogen-bond acceptors (Lipinski definition) is 4. The van der Waals surface area contributed by atoms with E-state index in [0.29, 0.717) is 17.8 Å². The molecule has 2 aromatic rings. The van der Waals surface area contributed by atoms with E-state index in [1.165, 1.54) is 12.0 Å². The normalized spacial score (nSPS) is 21.8. The van der Waals surface area contributed by atoms with E-state index in [1.807, 2.05) is 23.6 Å². The van der Waals surface area contributed by atoms with Crippen molar-refractivity contribution in [3.05, 3.63) is 45.9 Å². The number of benzene rings is 1. The minimum absolute atomic E-state index is 0.0848. The third kappa shape index (κ3) is 6.51. The second-order valence-corrected chi connectivity index (χ2v) is 10.9. The van der Waals surface area contributed by atoms with Gasteiger partial charge in [0.25, 0.3) is 0 Å². The lowest BCUT2D eigenvalue weighted by Gasteiger charge is -2.39. The molecule has 1 aromatic carbocycles. The van der Waals surface area contributed by atoms with Crippen molar-refractivity contribution in [3.8, 4) is 0 Å². The molecule has 0 saturated heterocycles. The number of nitrogens with zero attached hydrogens (tertiary/aromatic N) is 1. The summed E-state index contributed by atoms with van der Waals surface area (Å²) >= 11 is 9.31. The summed E-state index contributed by atoms with van der Waals surface area (Å²) in [4.78, 5) is 17.1. The highest BCUT2D eigenvalue weighted by Crippen LogP contribution is 2.38. The average molecular weight is 423 g/mol. The summed E-state index contributed by atoms with van der Waals surface area (Å²) < 4.78 is 0.991. The van der Waals surface area contributed by atoms with E-state index >= 15 is 0 Å². The number of carbonyl (C=O) groups is 1. The predicted molar refractivity (Wildman–Crippen MR) is 116 cm³/mol. The maximum Gasteiger partial charge on any atom is 0.226 e. The van der Waals surface area contributed by atoms with Gasteiger partial charge in [-0.1, -0.05) is 56.3 Å². The van der Waals surface area contributed by atoms with Crippen LogP contribution in [0.1, 0.15) is 51.3 Å². The van der Waals surface area contributed by atoms with Crippen molar-refractivity contribution in [2.45, 2.75) is 62.6 Å². The summed E-state index contributed by atoms with van der Waals surface area (Å²) in [6.07, 6.45) is 3.73. The molecule has 6 heteroatoms. The van der Waals surface area contributed by atoms with Crippen molar-refractivity contribution in [2.24, 2.45) is 11.3 Å². The first-order valence-corrected chi connectivity index (χ1v) is 11.6. The Kier molecular flexibility index (Phi) is 6.88. The Hall–Kier alpha value is -1.04. The molecule has 2 atom stereocenters. The van der Waals surface area contributed by atoms with Crippen LogP contribution < -0.4 is 5.32 Å². The van der Waals surface area contributed by atoms with Crippen LogP contribution in [-0.4, -0.2) is 16.9 Å². The SMILES string of the molecule is CC1CC(NC(=O)Cc2csc(SCc3cccc(Cl)c3)n2)CC(C)(C)C1. The maximum absolute atomic E-state index is 12.5. The molecule has 1 aliphatic rings. The Morgan fingerprint density at radius 1 is 1.41 bits per heavy atom. The molecule has 3 nitrogen and oxygen atoms in total. The first-order valence-electron chi connectivity index (χ1n) is 9.40. The van der Waals surface area contributed by atoms with Crippen LogP contribution in [0.15, 0.2) is 34.0 Å². The van der Waals surface area contributed by atoms with Gasteiger partial charge in [0.05, 0.1) is 12.1 Å². The molecule has 146 valence electrons. The number of thiazole rings is 1. The van der Waals surface area contributed by atoms with Gasteiger partial charge in [-0.05, 0) is 48.3 Å². The Morgan fingerprint density at radius 2 is 2.22 bits per heavy atom. The van der Waals surface area contributed by atoms with E-state index in [9.17, 15) is 4.79 Å². The molecule has 1 N–H and O–H groups in total. The molecule has 1 aromatic heterocycles. The van der Waals surface area contributed by atoms with Crippen LogP contribution in [0.4, 0.5) is 0 Å². The third-order valence-electron chi connectivity index (χ3n) is 4.88. The first kappa shape index (κ1) is 20.7. The second kappa shape index (κ2) is 8.97. The van der Waals surface area contributed by atoms with Gasteiger partial charge in [-0.15, -0.1) is 11.3 Å². The van der Waals surface area contributed by atoms with Crippen LogP contribution in [0, 0.1) is 11.3 Å². The molecule has 0 spiro atoms. The van der Waals surface area contributed by atoms with E-state index < -0.39 is 0 Å². The van der Waals surface area contributed by atoms with Gasteiger partial charge in [-0.3, -0.25) is 4.79 Å². The van der Waals surface area contributed by atoms with Gasteiger partial charge in [0.1, 0.15) is 4.34 Å². The monoisotopic (exact) mass is 422 g/mol. The Labute approximate surface area is 175 Å². The molecule has 3 rings (SSSR count). The highest BCUT2D eigenvalue weighted by molar-refractivity contribution is 8.00. The largest absolute Gasteiger partial charge is 0.353 e. The van der Waals surface area contributed by atoms with Crippen LogP contribution >= 0.6 is 34.7 Å². The standard InChI is InChI=1S/C21H27ClN2OS2/c1-14-7-17(11-21(2,3)10-14)23-19(25)9-18-13-27-20(24-18)26-12-15-5-4-6-16(22)8-15/h4-6,8,13-14,17H,7,9-12H2,1-3H3,(H,23,25). The zero-order valence-corrected chi connectivity index (χ0v) is 18.5. The van der Waals surface area contributed by atoms with E-state index in [1.54, 1.807) is 23.1 Å². The number of aromatic nitrogens is 1. The fourth-order valence-corrected chi connectivity index (χ4v) is 6.11. The zero-order valence-electron chi connectivity index (χ0n) is 16.1. The summed E-state index contributed by atoms with van der Waals surface area (Å²) in [5.41, 5.74) is 2.34. The average Bonchev–Trinajstić information content (AvgIpc) is 2.98. The van der Waals surface area contributed by atoms with E-state index in [0.717, 1.165) is 33.7 Å². The molecular weight excluding hydrogens is 396 g/mol. The topological polar surface area (TPSA) is 42.0 Å². The molecule has 1 heterocycles. The van der Waals surface area contributed by atoms with Crippen LogP contribution in [0.2, 0.25) is 5.02 Å². The van der Waals surface area contributed by atoms with E-state index in [2.05, 4.69) is 37.1 Å². The van der Waals surface area contributed by atoms with Crippen molar-refractivity contribution < 1.29 is 4.79 Å². The first-order chi connectivity index (χ1) is 12.8. The van der Waals surface area contributed by atoms with E-state index in [4.69, 9.17) is 11.6 Å². The molecule has 0 radical (unpaired) electrons. The molecule has 0 bridgehead atoms. The molecule has 1 fully saturated rings. The van der Waals surface area contributed by atoms with Gasteiger partial charge in [0.15, 0.2) is 0 Å². The van der Waals surface area contributed by atoms with Crippen LogP contribution in [0.25, 0.3) is 0 Å². The number of hydrogen-bond donors (Lipinski definition) is 1. The van der Waals surface area contributed by atoms with Gasteiger partial charge in [0.2, 0.25) is 5.91 Å². The number of nitrogens with one attached hydrogen (secondary N) is 1. The lowest BCUT2D eigenvalue weighted by Crippen LogP contribution is -2.43. The van der Waals surface area contributed by atoms with Crippen molar-refractivity contribution in [2.75, 3.05) is 0 Å². The molecular formula is C21H27ClN2OS2. The Balaban J connectivity index is 1.49. The summed E-state index contributed by atoms with van der Waals surface area (Å²) in [5, 5.41) is 5.98. The number of thioether (sulfide) groups is 1. The van der Waals surface area contributed by atoms with Crippen LogP contribution in [0.3, 0.4) is 0 Å². The number of carbonyl (C=O) groups excluding carboxylic acids is 1. The lowest BCUT2D eigenvalue weighted by molar-refractivity contribution is -0.121. The van der Waals surface area contributed by atoms with Gasteiger partial charge in [-0.25, -0.2) is 4.98 Å². The zero-order chi connectivity index (χ0) is 19.4. The fraction of sp³-hybridized carbons (Fsp3) is 0.524. The van der Waals surface area contributed by atoms with Crippen LogP contribution in [0.5, 0.6) is 0 Å². The summed E-state index contributed by atoms with van der Waals surface area (Å²) in [7, 11) is 0. The molecule has 1 amide bonds. The van der Waals surface area contributed by atoms with Gasteiger partial charge >= 0.3 is 0 Å². The molecule has 0 aliphatic heterocycles. The fourth-order valence-electron chi connectivity index (χ4n) is 4.11. The highest BCUT2D eigenvalue weighted by atomic mass is 35.5. The van der Waals surface area contributed by atoms with Crippen molar-refractivity contribution >= 4 is 40.6 Å². The summed E-state index contributed by atoms with van der Waals surface area (Å²) in [6, 6.07) is 8.16. The maximum atomic E-state index is 12.5. The van der Waals surface area contributed by atoms with Crippen molar-refractivity contribution in [3.63, 3.8) is 0 Å². The lowest BCUT2D eigenvalue weighted by atomic mass is 9.70. The molecule has 2 unspecified atom stereocenters. The van der Waals surface area contributed by atoms with Crippen molar-refractivity contribution in [1.29, 1.82) is 0 Å². The van der Waals surface area contributed by atoms with Gasteiger partial charge < -0.3 is 5.32 Å². The highest BCUT2D eigenvalue weighted by Gasteiger charge is 2.32. The molecule has 1 aliphatic carbocycles. The van der Waals surface area contributed by atoms with Gasteiger partial charge in [-0.2, -0.15) is 0 Å². The summed E-state index contributed by atoms with van der Waals surface area (Å²) in [5.74, 6) is 1.57. The third-order valence-corrected chi connectivity index (χ3v) is 7.25. The van der Waals surface area contributed by atoms with Gasteiger partial charge in [0, 0.05) is 22.2 Å². The Bertz CT molecular complexity index is 790. The molecule has 1 saturated carbocycles. The molecule has 27 heavy (non-hydrogen) atoms. The number of amides is 1. The van der Waals surface area contributed by atoms with Crippen LogP contribution in [-0.2, 0) is 17.0 Å². The quantitative estimate of drug-likeness (QED) is 0.583. The number of rotatable bonds is 6. The number of halogens is 1. The van der Waals surface area contributed by atoms with E-state index in [-0.39, 0.29) is 11.9 Å². The smallest absolute Gasteiger partial charge is 0.226 e. The Morgan fingerprint density at radius 3 is 2.96 bits per heavy atom.